The molecule has 31 heavy (non-hydrogen) atoms. The molecule has 0 radical (unpaired) electrons. The number of aliphatic hydroxyl groups is 1. The van der Waals surface area contributed by atoms with Gasteiger partial charge in [-0.3, -0.25) is 4.90 Å². The molecule has 0 bridgehead atoms. The molecule has 0 spiro atoms. The molecule has 0 saturated carbocycles. The molecule has 1 aliphatic rings. The van der Waals surface area contributed by atoms with E-state index in [9.17, 15) is 5.11 Å². The predicted octanol–water partition coefficient (Wildman–Crippen LogP) is 2.55. The topological polar surface area (TPSA) is 82.3 Å². The number of β-amino-alcohol motifs (C(OH)–C–C–N with tert-alkyl or cyclic N) is 1. The van der Waals surface area contributed by atoms with Crippen LogP contribution in [0.4, 0.5) is 0 Å². The van der Waals surface area contributed by atoms with Crippen molar-refractivity contribution in [1.82, 2.24) is 15.5 Å². The lowest BCUT2D eigenvalue weighted by Gasteiger charge is -2.17. The van der Waals surface area contributed by atoms with Crippen LogP contribution in [0.3, 0.4) is 0 Å². The van der Waals surface area contributed by atoms with Crippen LogP contribution in [-0.2, 0) is 24.2 Å². The second-order valence-corrected chi connectivity index (χ2v) is 7.84. The molecule has 170 valence electrons. The molecule has 0 amide bonds. The average molecular weight is 429 g/mol. The third-order valence-electron chi connectivity index (χ3n) is 5.37. The molecule has 1 saturated heterocycles. The van der Waals surface area contributed by atoms with Crippen LogP contribution in [0.5, 0.6) is 0 Å². The van der Waals surface area contributed by atoms with Gasteiger partial charge < -0.3 is 24.9 Å². The molecule has 1 aromatic carbocycles. The number of benzene rings is 1. The van der Waals surface area contributed by atoms with E-state index in [-0.39, 0.29) is 6.10 Å². The lowest BCUT2D eigenvalue weighted by atomic mass is 10.1. The van der Waals surface area contributed by atoms with Gasteiger partial charge in [-0.1, -0.05) is 24.3 Å². The number of aliphatic imine (C=N–C) groups is 1. The number of guanidine groups is 1. The second kappa shape index (κ2) is 13.1. The van der Waals surface area contributed by atoms with Crippen molar-refractivity contribution in [3.63, 3.8) is 0 Å². The number of hydrogen-bond donors (Lipinski definition) is 3. The van der Waals surface area contributed by atoms with Gasteiger partial charge in [-0.25, -0.2) is 4.99 Å². The number of aliphatic hydroxyl groups excluding tert-OH is 1. The molecule has 7 heteroatoms. The SMILES string of the molecule is CCOCCCNC(=NCc1ccccc1CN1CCC(O)C1)NCCc1ccco1. The van der Waals surface area contributed by atoms with E-state index in [1.54, 1.807) is 6.26 Å². The third-order valence-corrected chi connectivity index (χ3v) is 5.37. The highest BCUT2D eigenvalue weighted by atomic mass is 16.5. The number of likely N-dealkylation sites (tertiary alicyclic amines) is 1. The first-order valence-corrected chi connectivity index (χ1v) is 11.3. The summed E-state index contributed by atoms with van der Waals surface area (Å²) in [6.07, 6.45) is 4.10. The highest BCUT2D eigenvalue weighted by Crippen LogP contribution is 2.17. The zero-order valence-electron chi connectivity index (χ0n) is 18.6. The van der Waals surface area contributed by atoms with E-state index in [2.05, 4.69) is 39.8 Å². The Kier molecular flexibility index (Phi) is 9.89. The zero-order valence-corrected chi connectivity index (χ0v) is 18.6. The van der Waals surface area contributed by atoms with Crippen molar-refractivity contribution in [1.29, 1.82) is 0 Å². The summed E-state index contributed by atoms with van der Waals surface area (Å²) in [7, 11) is 0. The molecule has 3 N–H and O–H groups in total. The van der Waals surface area contributed by atoms with E-state index in [4.69, 9.17) is 14.1 Å². The van der Waals surface area contributed by atoms with Crippen molar-refractivity contribution in [2.45, 2.75) is 45.4 Å². The minimum absolute atomic E-state index is 0.198. The Bertz CT molecular complexity index is 779. The number of furan rings is 1. The quantitative estimate of drug-likeness (QED) is 0.274. The highest BCUT2D eigenvalue weighted by Gasteiger charge is 2.20. The van der Waals surface area contributed by atoms with Crippen molar-refractivity contribution in [2.24, 2.45) is 4.99 Å². The van der Waals surface area contributed by atoms with E-state index in [0.29, 0.717) is 6.54 Å². The first-order valence-electron chi connectivity index (χ1n) is 11.3. The summed E-state index contributed by atoms with van der Waals surface area (Å²) in [6, 6.07) is 12.3. The number of hydrogen-bond acceptors (Lipinski definition) is 5. The number of rotatable bonds is 12. The number of ether oxygens (including phenoxy) is 1. The van der Waals surface area contributed by atoms with E-state index < -0.39 is 0 Å². The van der Waals surface area contributed by atoms with Gasteiger partial charge in [-0.15, -0.1) is 0 Å². The molecular formula is C24H36N4O3. The van der Waals surface area contributed by atoms with Crippen molar-refractivity contribution in [3.8, 4) is 0 Å². The highest BCUT2D eigenvalue weighted by molar-refractivity contribution is 5.79. The van der Waals surface area contributed by atoms with Gasteiger partial charge in [-0.2, -0.15) is 0 Å². The van der Waals surface area contributed by atoms with Crippen LogP contribution in [0.15, 0.2) is 52.1 Å². The molecule has 2 aromatic rings. The smallest absolute Gasteiger partial charge is 0.191 e. The summed E-state index contributed by atoms with van der Waals surface area (Å²) >= 11 is 0. The van der Waals surface area contributed by atoms with Crippen LogP contribution in [0.2, 0.25) is 0 Å². The van der Waals surface area contributed by atoms with E-state index in [1.807, 2.05) is 19.1 Å². The van der Waals surface area contributed by atoms with Crippen LogP contribution in [-0.4, -0.2) is 61.5 Å². The van der Waals surface area contributed by atoms with Gasteiger partial charge >= 0.3 is 0 Å². The summed E-state index contributed by atoms with van der Waals surface area (Å²) in [5.74, 6) is 1.76. The molecule has 1 aliphatic heterocycles. The Morgan fingerprint density at radius 2 is 2.03 bits per heavy atom. The number of nitrogens with one attached hydrogen (secondary N) is 2. The van der Waals surface area contributed by atoms with Gasteiger partial charge in [-0.05, 0) is 43.0 Å². The molecule has 3 rings (SSSR count). The standard InChI is InChI=1S/C24H36N4O3/c1-2-30-15-6-12-25-24(26-13-10-23-9-5-16-31-23)27-17-20-7-3-4-8-21(20)18-28-14-11-22(29)19-28/h3-5,7-9,16,22,29H,2,6,10-15,17-19H2,1H3,(H2,25,26,27). The molecule has 1 unspecified atom stereocenters. The van der Waals surface area contributed by atoms with Crippen molar-refractivity contribution < 1.29 is 14.3 Å². The van der Waals surface area contributed by atoms with Crippen molar-refractivity contribution in [3.05, 3.63) is 59.5 Å². The maximum atomic E-state index is 9.81. The molecule has 2 heterocycles. The predicted molar refractivity (Wildman–Crippen MR) is 123 cm³/mol. The van der Waals surface area contributed by atoms with E-state index in [1.165, 1.54) is 11.1 Å². The Morgan fingerprint density at radius 3 is 2.77 bits per heavy atom. The molecule has 1 fully saturated rings. The summed E-state index contributed by atoms with van der Waals surface area (Å²) in [5, 5.41) is 16.6. The van der Waals surface area contributed by atoms with Gasteiger partial charge in [0.2, 0.25) is 0 Å². The number of nitrogens with zero attached hydrogens (tertiary/aromatic N) is 2. The molecule has 0 aliphatic carbocycles. The summed E-state index contributed by atoms with van der Waals surface area (Å²) < 4.78 is 10.8. The van der Waals surface area contributed by atoms with Crippen LogP contribution in [0.1, 0.15) is 36.7 Å². The van der Waals surface area contributed by atoms with Gasteiger partial charge in [0.05, 0.1) is 18.9 Å². The maximum absolute atomic E-state index is 9.81. The van der Waals surface area contributed by atoms with Crippen LogP contribution in [0, 0.1) is 0 Å². The fraction of sp³-hybridized carbons (Fsp3) is 0.542. The second-order valence-electron chi connectivity index (χ2n) is 7.84. The maximum Gasteiger partial charge on any atom is 0.191 e. The minimum Gasteiger partial charge on any atom is -0.469 e. The van der Waals surface area contributed by atoms with Crippen molar-refractivity contribution >= 4 is 5.96 Å². The van der Waals surface area contributed by atoms with Crippen LogP contribution >= 0.6 is 0 Å². The fourth-order valence-electron chi connectivity index (χ4n) is 3.69. The Balaban J connectivity index is 1.57. The zero-order chi connectivity index (χ0) is 21.7. The van der Waals surface area contributed by atoms with E-state index >= 15 is 0 Å². The van der Waals surface area contributed by atoms with Gasteiger partial charge in [0.25, 0.3) is 0 Å². The normalized spacial score (nSPS) is 17.2. The Labute approximate surface area is 185 Å². The van der Waals surface area contributed by atoms with Crippen LogP contribution < -0.4 is 10.6 Å². The summed E-state index contributed by atoms with van der Waals surface area (Å²) in [4.78, 5) is 7.14. The van der Waals surface area contributed by atoms with Crippen LogP contribution in [0.25, 0.3) is 0 Å². The Morgan fingerprint density at radius 1 is 1.19 bits per heavy atom. The third kappa shape index (κ3) is 8.36. The van der Waals surface area contributed by atoms with Gasteiger partial charge in [0.1, 0.15) is 5.76 Å². The summed E-state index contributed by atoms with van der Waals surface area (Å²) in [5.41, 5.74) is 2.48. The molecule has 1 atom stereocenters. The monoisotopic (exact) mass is 428 g/mol. The Hall–Kier alpha value is -2.35. The average Bonchev–Trinajstić information content (AvgIpc) is 3.44. The lowest BCUT2D eigenvalue weighted by Crippen LogP contribution is -2.39. The van der Waals surface area contributed by atoms with E-state index in [0.717, 1.165) is 76.9 Å². The lowest BCUT2D eigenvalue weighted by molar-refractivity contribution is 0.145. The first-order chi connectivity index (χ1) is 15.2. The molecule has 1 aromatic heterocycles. The summed E-state index contributed by atoms with van der Waals surface area (Å²) in [6.45, 7) is 8.20. The van der Waals surface area contributed by atoms with Crippen molar-refractivity contribution in [2.75, 3.05) is 39.4 Å². The first kappa shape index (κ1) is 23.3. The minimum atomic E-state index is -0.198. The fourth-order valence-corrected chi connectivity index (χ4v) is 3.69. The van der Waals surface area contributed by atoms with Gasteiger partial charge in [0.15, 0.2) is 5.96 Å². The van der Waals surface area contributed by atoms with Gasteiger partial charge in [0, 0.05) is 52.4 Å². The molecular weight excluding hydrogens is 392 g/mol. The molecule has 7 nitrogen and oxygen atoms in total. The largest absolute Gasteiger partial charge is 0.469 e.